The van der Waals surface area contributed by atoms with Crippen LogP contribution in [0.5, 0.6) is 23.0 Å². The Balaban J connectivity index is 1.46. The maximum Gasteiger partial charge on any atom is 0.272 e. The van der Waals surface area contributed by atoms with Crippen LogP contribution in [0.4, 0.5) is 11.4 Å². The first-order chi connectivity index (χ1) is 22.2. The predicted octanol–water partition coefficient (Wildman–Crippen LogP) is 6.25. The fourth-order valence-corrected chi connectivity index (χ4v) is 5.13. The van der Waals surface area contributed by atoms with Crippen LogP contribution < -0.4 is 34.9 Å². The van der Waals surface area contributed by atoms with Gasteiger partial charge in [-0.3, -0.25) is 14.4 Å². The molecule has 3 amide bonds. The van der Waals surface area contributed by atoms with Crippen molar-refractivity contribution in [2.75, 3.05) is 39.1 Å². The zero-order valence-electron chi connectivity index (χ0n) is 26.1. The van der Waals surface area contributed by atoms with Crippen molar-refractivity contribution in [2.45, 2.75) is 17.1 Å². The van der Waals surface area contributed by atoms with Crippen molar-refractivity contribution in [1.29, 1.82) is 0 Å². The van der Waals surface area contributed by atoms with Crippen molar-refractivity contribution in [3.8, 4) is 23.0 Å². The Labute approximate surface area is 272 Å². The number of benzene rings is 4. The van der Waals surface area contributed by atoms with Gasteiger partial charge in [-0.05, 0) is 79.2 Å². The summed E-state index contributed by atoms with van der Waals surface area (Å²) >= 11 is 1.36. The van der Waals surface area contributed by atoms with Gasteiger partial charge in [0.1, 0.15) is 17.2 Å². The lowest BCUT2D eigenvalue weighted by Crippen LogP contribution is -2.30. The Kier molecular flexibility index (Phi) is 11.7. The van der Waals surface area contributed by atoms with Gasteiger partial charge in [-0.25, -0.2) is 0 Å². The van der Waals surface area contributed by atoms with Crippen LogP contribution in [0, 0.1) is 0 Å². The fourth-order valence-electron chi connectivity index (χ4n) is 4.26. The Morgan fingerprint density at radius 3 is 2.07 bits per heavy atom. The van der Waals surface area contributed by atoms with Crippen LogP contribution in [0.3, 0.4) is 0 Å². The standard InChI is InChI=1S/C35H35N3O7S/c1-22(33(39)37-28-17-14-26(42-2)21-31(28)44-4)46-27-15-12-25(13-16-27)36-35(41)29(38-34(40)24-9-7-6-8-10-24)19-23-11-18-30(43-3)32(20-23)45-5/h6-22H,1-5H3,(H,36,41)(H,37,39)(H,38,40)/b29-19-. The van der Waals surface area contributed by atoms with Crippen molar-refractivity contribution in [2.24, 2.45) is 0 Å². The van der Waals surface area contributed by atoms with Crippen molar-refractivity contribution >= 4 is 46.9 Å². The van der Waals surface area contributed by atoms with Crippen LogP contribution in [0.25, 0.3) is 6.08 Å². The summed E-state index contributed by atoms with van der Waals surface area (Å²) in [4.78, 5) is 40.2. The number of anilines is 2. The minimum atomic E-state index is -0.527. The highest BCUT2D eigenvalue weighted by atomic mass is 32.2. The first-order valence-corrected chi connectivity index (χ1v) is 15.0. The molecule has 1 atom stereocenters. The average molecular weight is 642 g/mol. The normalized spacial score (nSPS) is 11.5. The monoisotopic (exact) mass is 641 g/mol. The van der Waals surface area contributed by atoms with Crippen LogP contribution in [0.15, 0.2) is 102 Å². The molecular weight excluding hydrogens is 606 g/mol. The molecule has 11 heteroatoms. The molecule has 0 aliphatic rings. The smallest absolute Gasteiger partial charge is 0.272 e. The SMILES string of the molecule is COc1ccc(NC(=O)C(C)Sc2ccc(NC(=O)/C(=C/c3ccc(OC)c(OC)c3)NC(=O)c3ccccc3)cc2)c(OC)c1. The maximum absolute atomic E-state index is 13.5. The Bertz CT molecular complexity index is 1710. The van der Waals surface area contributed by atoms with Gasteiger partial charge < -0.3 is 34.9 Å². The Morgan fingerprint density at radius 1 is 0.717 bits per heavy atom. The number of thioether (sulfide) groups is 1. The molecule has 0 radical (unpaired) electrons. The fraction of sp³-hybridized carbons (Fsp3) is 0.171. The second-order valence-electron chi connectivity index (χ2n) is 9.79. The maximum atomic E-state index is 13.5. The van der Waals surface area contributed by atoms with E-state index in [2.05, 4.69) is 16.0 Å². The molecule has 10 nitrogen and oxygen atoms in total. The number of amides is 3. The zero-order chi connectivity index (χ0) is 33.1. The van der Waals surface area contributed by atoms with Gasteiger partial charge in [0.25, 0.3) is 11.8 Å². The van der Waals surface area contributed by atoms with E-state index in [1.807, 2.05) is 0 Å². The van der Waals surface area contributed by atoms with Gasteiger partial charge in [-0.2, -0.15) is 0 Å². The molecule has 0 saturated carbocycles. The molecule has 4 rings (SSSR count). The average Bonchev–Trinajstić information content (AvgIpc) is 3.09. The summed E-state index contributed by atoms with van der Waals surface area (Å²) in [6.45, 7) is 1.80. The van der Waals surface area contributed by atoms with E-state index in [1.54, 1.807) is 111 Å². The summed E-state index contributed by atoms with van der Waals surface area (Å²) < 4.78 is 21.3. The van der Waals surface area contributed by atoms with E-state index in [4.69, 9.17) is 18.9 Å². The second kappa shape index (κ2) is 16.1. The minimum Gasteiger partial charge on any atom is -0.497 e. The van der Waals surface area contributed by atoms with Crippen molar-refractivity contribution in [3.63, 3.8) is 0 Å². The van der Waals surface area contributed by atoms with E-state index >= 15 is 0 Å². The topological polar surface area (TPSA) is 124 Å². The molecule has 238 valence electrons. The molecule has 0 heterocycles. The molecule has 0 aliphatic carbocycles. The summed E-state index contributed by atoms with van der Waals surface area (Å²) in [5.41, 5.74) is 2.08. The van der Waals surface area contributed by atoms with Gasteiger partial charge >= 0.3 is 0 Å². The van der Waals surface area contributed by atoms with Gasteiger partial charge in [0.15, 0.2) is 11.5 Å². The van der Waals surface area contributed by atoms with E-state index in [0.29, 0.717) is 45.5 Å². The molecule has 3 N–H and O–H groups in total. The number of hydrogen-bond donors (Lipinski definition) is 3. The van der Waals surface area contributed by atoms with Crippen LogP contribution >= 0.6 is 11.8 Å². The third-order valence-electron chi connectivity index (χ3n) is 6.71. The molecule has 0 saturated heterocycles. The van der Waals surface area contributed by atoms with E-state index in [-0.39, 0.29) is 11.6 Å². The summed E-state index contributed by atoms with van der Waals surface area (Å²) in [7, 11) is 6.13. The number of carbonyl (C=O) groups is 3. The molecule has 0 fully saturated rings. The number of ether oxygens (including phenoxy) is 4. The van der Waals surface area contributed by atoms with Crippen LogP contribution in [0.1, 0.15) is 22.8 Å². The van der Waals surface area contributed by atoms with Gasteiger partial charge in [-0.1, -0.05) is 24.3 Å². The zero-order valence-corrected chi connectivity index (χ0v) is 26.9. The Morgan fingerprint density at radius 2 is 1.41 bits per heavy atom. The lowest BCUT2D eigenvalue weighted by molar-refractivity contribution is -0.115. The number of nitrogens with one attached hydrogen (secondary N) is 3. The van der Waals surface area contributed by atoms with Crippen LogP contribution in [-0.2, 0) is 9.59 Å². The number of hydrogen-bond acceptors (Lipinski definition) is 8. The third-order valence-corrected chi connectivity index (χ3v) is 7.82. The highest BCUT2D eigenvalue weighted by Gasteiger charge is 2.18. The molecule has 4 aromatic rings. The van der Waals surface area contributed by atoms with Crippen molar-refractivity contribution in [3.05, 3.63) is 108 Å². The lowest BCUT2D eigenvalue weighted by atomic mass is 10.1. The minimum absolute atomic E-state index is 0.0266. The predicted molar refractivity (Wildman–Crippen MR) is 180 cm³/mol. The second-order valence-corrected chi connectivity index (χ2v) is 11.2. The number of methoxy groups -OCH3 is 4. The number of rotatable bonds is 13. The van der Waals surface area contributed by atoms with Crippen LogP contribution in [0.2, 0.25) is 0 Å². The van der Waals surface area contributed by atoms with Crippen LogP contribution in [-0.4, -0.2) is 51.4 Å². The summed E-state index contributed by atoms with van der Waals surface area (Å²) in [5, 5.41) is 8.02. The first kappa shape index (κ1) is 33.5. The van der Waals surface area contributed by atoms with Gasteiger partial charge in [0.05, 0.1) is 39.4 Å². The number of carbonyl (C=O) groups excluding carboxylic acids is 3. The van der Waals surface area contributed by atoms with Gasteiger partial charge in [-0.15, -0.1) is 11.8 Å². The lowest BCUT2D eigenvalue weighted by Gasteiger charge is -2.15. The molecule has 0 bridgehead atoms. The third kappa shape index (κ3) is 8.82. The van der Waals surface area contributed by atoms with Crippen molar-refractivity contribution < 1.29 is 33.3 Å². The molecule has 4 aromatic carbocycles. The summed E-state index contributed by atoms with van der Waals surface area (Å²) in [6, 6.07) is 26.0. The molecule has 0 aromatic heterocycles. The van der Waals surface area contributed by atoms with E-state index in [9.17, 15) is 14.4 Å². The van der Waals surface area contributed by atoms with E-state index in [0.717, 1.165) is 4.90 Å². The molecule has 1 unspecified atom stereocenters. The Hall–Kier alpha value is -5.42. The largest absolute Gasteiger partial charge is 0.497 e. The van der Waals surface area contributed by atoms with E-state index < -0.39 is 17.1 Å². The van der Waals surface area contributed by atoms with Crippen molar-refractivity contribution in [1.82, 2.24) is 5.32 Å². The summed E-state index contributed by atoms with van der Waals surface area (Å²) in [5.74, 6) is 0.948. The first-order valence-electron chi connectivity index (χ1n) is 14.2. The summed E-state index contributed by atoms with van der Waals surface area (Å²) in [6.07, 6.45) is 1.56. The quantitative estimate of drug-likeness (QED) is 0.116. The van der Waals surface area contributed by atoms with Gasteiger partial charge in [0.2, 0.25) is 5.91 Å². The highest BCUT2D eigenvalue weighted by molar-refractivity contribution is 8.00. The molecule has 0 aliphatic heterocycles. The van der Waals surface area contributed by atoms with Gasteiger partial charge in [0, 0.05) is 22.2 Å². The van der Waals surface area contributed by atoms with E-state index in [1.165, 1.54) is 33.1 Å². The molecule has 0 spiro atoms. The highest BCUT2D eigenvalue weighted by Crippen LogP contribution is 2.31. The molecule has 46 heavy (non-hydrogen) atoms. The molecular formula is C35H35N3O7S.